The first-order valence-corrected chi connectivity index (χ1v) is 7.99. The number of esters is 3. The van der Waals surface area contributed by atoms with Crippen molar-refractivity contribution in [2.75, 3.05) is 13.2 Å². The van der Waals surface area contributed by atoms with Gasteiger partial charge in [0, 0.05) is 5.57 Å². The molecule has 0 bridgehead atoms. The minimum absolute atomic E-state index is 0.00229. The van der Waals surface area contributed by atoms with Gasteiger partial charge in [-0.15, -0.1) is 0 Å². The highest BCUT2D eigenvalue weighted by Gasteiger charge is 2.26. The van der Waals surface area contributed by atoms with Crippen LogP contribution in [0.5, 0.6) is 5.75 Å². The Hall–Kier alpha value is -2.63. The fourth-order valence-corrected chi connectivity index (χ4v) is 1.54. The van der Waals surface area contributed by atoms with Crippen LogP contribution in [-0.4, -0.2) is 31.1 Å². The normalized spacial score (nSPS) is 10.7. The summed E-state index contributed by atoms with van der Waals surface area (Å²) in [6, 6.07) is 5.94. The second-order valence-electron chi connectivity index (χ2n) is 6.20. The third kappa shape index (κ3) is 6.41. The average molecular weight is 348 g/mol. The molecule has 0 atom stereocenters. The lowest BCUT2D eigenvalue weighted by Gasteiger charge is -2.20. The van der Waals surface area contributed by atoms with Crippen LogP contribution < -0.4 is 4.74 Å². The second-order valence-corrected chi connectivity index (χ2v) is 6.20. The highest BCUT2D eigenvalue weighted by molar-refractivity contribution is 5.90. The molecule has 6 nitrogen and oxygen atoms in total. The van der Waals surface area contributed by atoms with E-state index in [1.807, 2.05) is 6.92 Å². The van der Waals surface area contributed by atoms with Crippen molar-refractivity contribution in [3.05, 3.63) is 42.0 Å². The fourth-order valence-electron chi connectivity index (χ4n) is 1.54. The SMILES string of the molecule is C=C(C)C(=O)Oc1ccc(C(=O)OCCOC(=O)C(C)(C)CC)cc1. The van der Waals surface area contributed by atoms with Crippen LogP contribution in [0.4, 0.5) is 0 Å². The lowest BCUT2D eigenvalue weighted by atomic mass is 9.91. The Kier molecular flexibility index (Phi) is 7.36. The van der Waals surface area contributed by atoms with Crippen LogP contribution in [0.1, 0.15) is 44.5 Å². The van der Waals surface area contributed by atoms with Gasteiger partial charge in [-0.2, -0.15) is 0 Å². The molecule has 25 heavy (non-hydrogen) atoms. The van der Waals surface area contributed by atoms with E-state index in [0.717, 1.165) is 0 Å². The van der Waals surface area contributed by atoms with Crippen molar-refractivity contribution in [3.8, 4) is 5.75 Å². The van der Waals surface area contributed by atoms with Crippen molar-refractivity contribution < 1.29 is 28.6 Å². The molecule has 0 radical (unpaired) electrons. The van der Waals surface area contributed by atoms with E-state index in [-0.39, 0.29) is 24.8 Å². The van der Waals surface area contributed by atoms with Gasteiger partial charge in [0.05, 0.1) is 11.0 Å². The number of ether oxygens (including phenoxy) is 3. The number of hydrogen-bond donors (Lipinski definition) is 0. The van der Waals surface area contributed by atoms with Gasteiger partial charge in [0.25, 0.3) is 0 Å². The van der Waals surface area contributed by atoms with Crippen LogP contribution in [0.2, 0.25) is 0 Å². The summed E-state index contributed by atoms with van der Waals surface area (Å²) in [7, 11) is 0. The maximum atomic E-state index is 11.9. The molecule has 0 saturated heterocycles. The van der Waals surface area contributed by atoms with E-state index in [1.165, 1.54) is 24.3 Å². The van der Waals surface area contributed by atoms with Crippen molar-refractivity contribution in [2.45, 2.75) is 34.1 Å². The topological polar surface area (TPSA) is 78.9 Å². The van der Waals surface area contributed by atoms with Gasteiger partial charge in [-0.25, -0.2) is 9.59 Å². The fraction of sp³-hybridized carbons (Fsp3) is 0.421. The molecule has 136 valence electrons. The van der Waals surface area contributed by atoms with Crippen molar-refractivity contribution in [3.63, 3.8) is 0 Å². The molecule has 0 aliphatic rings. The summed E-state index contributed by atoms with van der Waals surface area (Å²) in [6.07, 6.45) is 0.661. The van der Waals surface area contributed by atoms with E-state index < -0.39 is 17.4 Å². The quantitative estimate of drug-likeness (QED) is 0.310. The lowest BCUT2D eigenvalue weighted by molar-refractivity contribution is -0.155. The molecule has 1 rings (SSSR count). The number of rotatable bonds is 8. The van der Waals surface area contributed by atoms with Gasteiger partial charge in [-0.05, 0) is 51.5 Å². The lowest BCUT2D eigenvalue weighted by Crippen LogP contribution is -2.27. The Balaban J connectivity index is 2.44. The zero-order valence-electron chi connectivity index (χ0n) is 15.1. The van der Waals surface area contributed by atoms with Crippen LogP contribution in [-0.2, 0) is 19.1 Å². The van der Waals surface area contributed by atoms with E-state index in [9.17, 15) is 14.4 Å². The molecule has 0 aliphatic carbocycles. The van der Waals surface area contributed by atoms with Gasteiger partial charge in [0.2, 0.25) is 0 Å². The third-order valence-corrected chi connectivity index (χ3v) is 3.64. The number of benzene rings is 1. The monoisotopic (exact) mass is 348 g/mol. The smallest absolute Gasteiger partial charge is 0.338 e. The molecule has 0 heterocycles. The van der Waals surface area contributed by atoms with Crippen molar-refractivity contribution >= 4 is 17.9 Å². The minimum atomic E-state index is -0.554. The molecule has 0 spiro atoms. The molecule has 0 aliphatic heterocycles. The standard InChI is InChI=1S/C19H24O6/c1-6-19(4,5)18(22)24-12-11-23-17(21)14-7-9-15(10-8-14)25-16(20)13(2)3/h7-10H,2,6,11-12H2,1,3-5H3. The molecule has 0 fully saturated rings. The molecule has 1 aromatic carbocycles. The van der Waals surface area contributed by atoms with Crippen LogP contribution in [0, 0.1) is 5.41 Å². The van der Waals surface area contributed by atoms with E-state index >= 15 is 0 Å². The van der Waals surface area contributed by atoms with Gasteiger partial charge in [0.15, 0.2) is 0 Å². The zero-order chi connectivity index (χ0) is 19.0. The average Bonchev–Trinajstić information content (AvgIpc) is 2.58. The first-order valence-electron chi connectivity index (χ1n) is 7.99. The van der Waals surface area contributed by atoms with E-state index in [1.54, 1.807) is 20.8 Å². The molecule has 0 saturated carbocycles. The highest BCUT2D eigenvalue weighted by atomic mass is 16.6. The van der Waals surface area contributed by atoms with Gasteiger partial charge in [0.1, 0.15) is 19.0 Å². The number of hydrogen-bond acceptors (Lipinski definition) is 6. The first-order chi connectivity index (χ1) is 11.7. The maximum Gasteiger partial charge on any atom is 0.338 e. The largest absolute Gasteiger partial charge is 0.462 e. The summed E-state index contributed by atoms with van der Waals surface area (Å²) < 4.78 is 15.2. The maximum absolute atomic E-state index is 11.9. The molecule has 0 N–H and O–H groups in total. The van der Waals surface area contributed by atoms with Crippen molar-refractivity contribution in [1.29, 1.82) is 0 Å². The molecule has 0 amide bonds. The van der Waals surface area contributed by atoms with Crippen LogP contribution in [0.15, 0.2) is 36.4 Å². The van der Waals surface area contributed by atoms with Crippen molar-refractivity contribution in [1.82, 2.24) is 0 Å². The Labute approximate surface area is 147 Å². The third-order valence-electron chi connectivity index (χ3n) is 3.64. The van der Waals surface area contributed by atoms with Gasteiger partial charge < -0.3 is 14.2 Å². The predicted molar refractivity (Wildman–Crippen MR) is 92.2 cm³/mol. The van der Waals surface area contributed by atoms with Gasteiger partial charge in [-0.3, -0.25) is 4.79 Å². The number of carbonyl (C=O) groups is 3. The Morgan fingerprint density at radius 3 is 2.12 bits per heavy atom. The van der Waals surface area contributed by atoms with Crippen LogP contribution in [0.3, 0.4) is 0 Å². The minimum Gasteiger partial charge on any atom is -0.462 e. The summed E-state index contributed by atoms with van der Waals surface area (Å²) in [5.41, 5.74) is 0.0285. The molecule has 1 aromatic rings. The summed E-state index contributed by atoms with van der Waals surface area (Å²) in [5.74, 6) is -1.11. The summed E-state index contributed by atoms with van der Waals surface area (Å²) in [6.45, 7) is 10.5. The summed E-state index contributed by atoms with van der Waals surface area (Å²) in [4.78, 5) is 35.1. The number of carbonyl (C=O) groups excluding carboxylic acids is 3. The second kappa shape index (κ2) is 9.01. The zero-order valence-corrected chi connectivity index (χ0v) is 15.1. The highest BCUT2D eigenvalue weighted by Crippen LogP contribution is 2.21. The molecule has 0 unspecified atom stereocenters. The Morgan fingerprint density at radius 2 is 1.60 bits per heavy atom. The van der Waals surface area contributed by atoms with Crippen molar-refractivity contribution in [2.24, 2.45) is 5.41 Å². The Bertz CT molecular complexity index is 642. The Morgan fingerprint density at radius 1 is 1.04 bits per heavy atom. The molecule has 6 heteroatoms. The predicted octanol–water partition coefficient (Wildman–Crippen LogP) is 3.30. The van der Waals surface area contributed by atoms with E-state index in [2.05, 4.69) is 6.58 Å². The molecule has 0 aromatic heterocycles. The van der Waals surface area contributed by atoms with E-state index in [4.69, 9.17) is 14.2 Å². The summed E-state index contributed by atoms with van der Waals surface area (Å²) >= 11 is 0. The molecular weight excluding hydrogens is 324 g/mol. The summed E-state index contributed by atoms with van der Waals surface area (Å²) in [5, 5.41) is 0. The van der Waals surface area contributed by atoms with Gasteiger partial charge >= 0.3 is 17.9 Å². The van der Waals surface area contributed by atoms with Crippen LogP contribution >= 0.6 is 0 Å². The first kappa shape index (κ1) is 20.4. The van der Waals surface area contributed by atoms with Gasteiger partial charge in [-0.1, -0.05) is 13.5 Å². The molecular formula is C19H24O6. The van der Waals surface area contributed by atoms with E-state index in [0.29, 0.717) is 17.7 Å². The van der Waals surface area contributed by atoms with Crippen LogP contribution in [0.25, 0.3) is 0 Å².